The summed E-state index contributed by atoms with van der Waals surface area (Å²) >= 11 is 0. The van der Waals surface area contributed by atoms with Gasteiger partial charge < -0.3 is 9.64 Å². The number of hydrogen-bond donors (Lipinski definition) is 0. The summed E-state index contributed by atoms with van der Waals surface area (Å²) in [4.78, 5) is 14.7. The molecule has 1 fully saturated rings. The number of likely N-dealkylation sites (tertiary alicyclic amines) is 1. The van der Waals surface area contributed by atoms with E-state index >= 15 is 0 Å². The van der Waals surface area contributed by atoms with Gasteiger partial charge in [-0.1, -0.05) is 42.5 Å². The number of amides is 1. The van der Waals surface area contributed by atoms with Gasteiger partial charge in [0.25, 0.3) is 0 Å². The van der Waals surface area contributed by atoms with Crippen LogP contribution in [0.1, 0.15) is 36.4 Å². The average molecular weight is 309 g/mol. The molecule has 1 aliphatic rings. The number of methoxy groups -OCH3 is 1. The third-order valence-electron chi connectivity index (χ3n) is 4.52. The lowest BCUT2D eigenvalue weighted by molar-refractivity contribution is -0.132. The molecule has 120 valence electrons. The number of nitrogens with zero attached hydrogens (tertiary/aromatic N) is 1. The van der Waals surface area contributed by atoms with E-state index in [2.05, 4.69) is 23.1 Å². The molecule has 0 spiro atoms. The van der Waals surface area contributed by atoms with Crippen molar-refractivity contribution in [1.29, 1.82) is 0 Å². The summed E-state index contributed by atoms with van der Waals surface area (Å²) < 4.78 is 5.24. The van der Waals surface area contributed by atoms with E-state index in [1.807, 2.05) is 36.4 Å². The Kier molecular flexibility index (Phi) is 4.96. The van der Waals surface area contributed by atoms with Crippen molar-refractivity contribution in [2.75, 3.05) is 13.7 Å². The summed E-state index contributed by atoms with van der Waals surface area (Å²) in [5, 5.41) is 0. The third-order valence-corrected chi connectivity index (χ3v) is 4.52. The molecule has 0 saturated carbocycles. The summed E-state index contributed by atoms with van der Waals surface area (Å²) in [7, 11) is 1.67. The van der Waals surface area contributed by atoms with E-state index in [9.17, 15) is 4.79 Å². The zero-order valence-corrected chi connectivity index (χ0v) is 13.6. The smallest absolute Gasteiger partial charge is 0.223 e. The van der Waals surface area contributed by atoms with Gasteiger partial charge >= 0.3 is 0 Å². The van der Waals surface area contributed by atoms with Crippen molar-refractivity contribution in [1.82, 2.24) is 4.90 Å². The van der Waals surface area contributed by atoms with Crippen molar-refractivity contribution < 1.29 is 9.53 Å². The van der Waals surface area contributed by atoms with E-state index < -0.39 is 0 Å². The van der Waals surface area contributed by atoms with Crippen LogP contribution in [0.5, 0.6) is 5.75 Å². The molecule has 0 radical (unpaired) electrons. The van der Waals surface area contributed by atoms with Crippen LogP contribution in [0.2, 0.25) is 0 Å². The van der Waals surface area contributed by atoms with Gasteiger partial charge in [-0.05, 0) is 42.5 Å². The van der Waals surface area contributed by atoms with E-state index in [-0.39, 0.29) is 11.9 Å². The molecule has 1 aliphatic heterocycles. The molecule has 3 rings (SSSR count). The van der Waals surface area contributed by atoms with E-state index in [1.54, 1.807) is 7.11 Å². The highest BCUT2D eigenvalue weighted by molar-refractivity contribution is 5.77. The van der Waals surface area contributed by atoms with E-state index in [0.717, 1.165) is 37.1 Å². The van der Waals surface area contributed by atoms with Gasteiger partial charge in [-0.15, -0.1) is 0 Å². The van der Waals surface area contributed by atoms with Crippen molar-refractivity contribution in [2.24, 2.45) is 0 Å². The molecule has 0 aliphatic carbocycles. The van der Waals surface area contributed by atoms with Crippen molar-refractivity contribution in [3.8, 4) is 5.75 Å². The normalized spacial score (nSPS) is 17.3. The van der Waals surface area contributed by atoms with Crippen LogP contribution in [-0.2, 0) is 11.2 Å². The number of carbonyl (C=O) groups is 1. The maximum atomic E-state index is 12.7. The molecule has 3 nitrogen and oxygen atoms in total. The van der Waals surface area contributed by atoms with Gasteiger partial charge in [0.15, 0.2) is 0 Å². The molecule has 1 heterocycles. The lowest BCUT2D eigenvalue weighted by Crippen LogP contribution is -2.30. The van der Waals surface area contributed by atoms with Crippen molar-refractivity contribution >= 4 is 5.91 Å². The first-order chi connectivity index (χ1) is 11.3. The number of benzene rings is 2. The molecular formula is C20H23NO2. The molecular weight excluding hydrogens is 286 g/mol. The fraction of sp³-hybridized carbons (Fsp3) is 0.350. The number of carbonyl (C=O) groups excluding carboxylic acids is 1. The number of hydrogen-bond acceptors (Lipinski definition) is 2. The van der Waals surface area contributed by atoms with Crippen LogP contribution in [0.25, 0.3) is 0 Å². The fourth-order valence-electron chi connectivity index (χ4n) is 3.31. The Hall–Kier alpha value is -2.29. The van der Waals surface area contributed by atoms with Crippen LogP contribution in [-0.4, -0.2) is 24.5 Å². The molecule has 1 saturated heterocycles. The minimum atomic E-state index is 0.244. The average Bonchev–Trinajstić information content (AvgIpc) is 3.10. The maximum absolute atomic E-state index is 12.7. The molecule has 2 aromatic carbocycles. The van der Waals surface area contributed by atoms with Crippen molar-refractivity contribution in [2.45, 2.75) is 31.7 Å². The lowest BCUT2D eigenvalue weighted by Gasteiger charge is -2.25. The van der Waals surface area contributed by atoms with Crippen LogP contribution in [0.15, 0.2) is 54.6 Å². The molecule has 0 bridgehead atoms. The standard InChI is InChI=1S/C20H23NO2/c1-23-18-10-5-7-16(15-18)12-13-20(22)21-14-6-11-19(21)17-8-3-2-4-9-17/h2-5,7-10,15,19H,6,11-14H2,1H3. The van der Waals surface area contributed by atoms with Crippen LogP contribution in [0.3, 0.4) is 0 Å². The molecule has 23 heavy (non-hydrogen) atoms. The van der Waals surface area contributed by atoms with Gasteiger partial charge in [0, 0.05) is 13.0 Å². The molecule has 2 aromatic rings. The zero-order valence-electron chi connectivity index (χ0n) is 13.6. The van der Waals surface area contributed by atoms with Crippen LogP contribution >= 0.6 is 0 Å². The molecule has 0 N–H and O–H groups in total. The second-order valence-electron chi connectivity index (χ2n) is 6.01. The quantitative estimate of drug-likeness (QED) is 0.835. The molecule has 3 heteroatoms. The summed E-state index contributed by atoms with van der Waals surface area (Å²) in [6, 6.07) is 18.6. The van der Waals surface area contributed by atoms with E-state index in [4.69, 9.17) is 4.74 Å². The second kappa shape index (κ2) is 7.32. The first-order valence-corrected chi connectivity index (χ1v) is 8.25. The summed E-state index contributed by atoms with van der Waals surface area (Å²) in [6.45, 7) is 0.872. The number of aryl methyl sites for hydroxylation is 1. The Morgan fingerprint density at radius 3 is 2.78 bits per heavy atom. The van der Waals surface area contributed by atoms with Crippen LogP contribution in [0.4, 0.5) is 0 Å². The highest BCUT2D eigenvalue weighted by Gasteiger charge is 2.29. The van der Waals surface area contributed by atoms with Gasteiger partial charge in [0.2, 0.25) is 5.91 Å². The topological polar surface area (TPSA) is 29.5 Å². The minimum Gasteiger partial charge on any atom is -0.497 e. The third kappa shape index (κ3) is 3.73. The van der Waals surface area contributed by atoms with Crippen molar-refractivity contribution in [3.05, 3.63) is 65.7 Å². The van der Waals surface area contributed by atoms with Crippen LogP contribution in [0, 0.1) is 0 Å². The first-order valence-electron chi connectivity index (χ1n) is 8.25. The molecule has 0 aromatic heterocycles. The van der Waals surface area contributed by atoms with Gasteiger partial charge in [-0.2, -0.15) is 0 Å². The Morgan fingerprint density at radius 1 is 1.17 bits per heavy atom. The Labute approximate surface area is 137 Å². The minimum absolute atomic E-state index is 0.244. The Balaban J connectivity index is 1.63. The van der Waals surface area contributed by atoms with Crippen LogP contribution < -0.4 is 4.74 Å². The molecule has 1 unspecified atom stereocenters. The molecule has 1 atom stereocenters. The summed E-state index contributed by atoms with van der Waals surface area (Å²) in [5.74, 6) is 1.09. The number of rotatable bonds is 5. The summed E-state index contributed by atoms with van der Waals surface area (Å²) in [5.41, 5.74) is 2.40. The predicted octanol–water partition coefficient (Wildman–Crippen LogP) is 3.99. The predicted molar refractivity (Wildman–Crippen MR) is 91.4 cm³/mol. The van der Waals surface area contributed by atoms with E-state index in [1.165, 1.54) is 5.56 Å². The van der Waals surface area contributed by atoms with Gasteiger partial charge in [-0.25, -0.2) is 0 Å². The zero-order chi connectivity index (χ0) is 16.1. The van der Waals surface area contributed by atoms with Gasteiger partial charge in [0.1, 0.15) is 5.75 Å². The fourth-order valence-corrected chi connectivity index (χ4v) is 3.31. The molecule has 1 amide bonds. The highest BCUT2D eigenvalue weighted by Crippen LogP contribution is 2.32. The monoisotopic (exact) mass is 309 g/mol. The Morgan fingerprint density at radius 2 is 2.00 bits per heavy atom. The summed E-state index contributed by atoms with van der Waals surface area (Å²) in [6.07, 6.45) is 3.46. The second-order valence-corrected chi connectivity index (χ2v) is 6.01. The largest absolute Gasteiger partial charge is 0.497 e. The van der Waals surface area contributed by atoms with Gasteiger partial charge in [0.05, 0.1) is 13.2 Å². The lowest BCUT2D eigenvalue weighted by atomic mass is 10.0. The Bertz CT molecular complexity index is 654. The SMILES string of the molecule is COc1cccc(CCC(=O)N2CCCC2c2ccccc2)c1. The van der Waals surface area contributed by atoms with Crippen molar-refractivity contribution in [3.63, 3.8) is 0 Å². The number of ether oxygens (including phenoxy) is 1. The van der Waals surface area contributed by atoms with E-state index in [0.29, 0.717) is 6.42 Å². The maximum Gasteiger partial charge on any atom is 0.223 e. The first kappa shape index (κ1) is 15.6. The van der Waals surface area contributed by atoms with Gasteiger partial charge in [-0.3, -0.25) is 4.79 Å². The highest BCUT2D eigenvalue weighted by atomic mass is 16.5.